The molecule has 1 aliphatic carbocycles. The lowest BCUT2D eigenvalue weighted by atomic mass is 10.2. The lowest BCUT2D eigenvalue weighted by molar-refractivity contribution is -0.117. The molecule has 0 heterocycles. The highest BCUT2D eigenvalue weighted by atomic mass is 16.1. The fraction of sp³-hybridized carbons (Fsp3) is 0.333. The monoisotopic (exact) mass is 255 g/mol. The van der Waals surface area contributed by atoms with Crippen molar-refractivity contribution in [3.8, 4) is 6.07 Å². The average Bonchev–Trinajstić information content (AvgIpc) is 2.93. The van der Waals surface area contributed by atoms with Crippen LogP contribution in [0.1, 0.15) is 25.7 Å². The normalized spacial score (nSPS) is 15.8. The van der Waals surface area contributed by atoms with Crippen LogP contribution in [0, 0.1) is 11.3 Å². The van der Waals surface area contributed by atoms with Gasteiger partial charge in [0.15, 0.2) is 0 Å². The van der Waals surface area contributed by atoms with Gasteiger partial charge in [-0.3, -0.25) is 4.79 Å². The molecule has 0 atom stereocenters. The molecule has 98 valence electrons. The van der Waals surface area contributed by atoms with E-state index < -0.39 is 0 Å². The number of benzene rings is 1. The maximum absolute atomic E-state index is 11.9. The van der Waals surface area contributed by atoms with Crippen LogP contribution in [-0.4, -0.2) is 11.9 Å². The number of amides is 1. The highest BCUT2D eigenvalue weighted by Crippen LogP contribution is 2.18. The van der Waals surface area contributed by atoms with Gasteiger partial charge in [-0.2, -0.15) is 5.26 Å². The summed E-state index contributed by atoms with van der Waals surface area (Å²) in [7, 11) is 0. The van der Waals surface area contributed by atoms with Gasteiger partial charge in [-0.25, -0.2) is 0 Å². The lowest BCUT2D eigenvalue weighted by Gasteiger charge is -2.11. The largest absolute Gasteiger partial charge is 0.360 e. The summed E-state index contributed by atoms with van der Waals surface area (Å²) in [6, 6.07) is 11.6. The number of anilines is 1. The number of nitrogens with zero attached hydrogens (tertiary/aromatic N) is 1. The second-order valence-electron chi connectivity index (χ2n) is 4.64. The van der Waals surface area contributed by atoms with Crippen molar-refractivity contribution >= 4 is 11.6 Å². The molecule has 19 heavy (non-hydrogen) atoms. The molecule has 0 bridgehead atoms. The van der Waals surface area contributed by atoms with Crippen molar-refractivity contribution in [2.24, 2.45) is 0 Å². The number of nitrogens with one attached hydrogen (secondary N) is 2. The molecule has 0 spiro atoms. The van der Waals surface area contributed by atoms with E-state index in [0.717, 1.165) is 31.4 Å². The van der Waals surface area contributed by atoms with E-state index in [-0.39, 0.29) is 17.5 Å². The Morgan fingerprint density at radius 1 is 1.26 bits per heavy atom. The summed E-state index contributed by atoms with van der Waals surface area (Å²) in [5.41, 5.74) is 0.958. The highest BCUT2D eigenvalue weighted by molar-refractivity contribution is 5.97. The predicted octanol–water partition coefficient (Wildman–Crippen LogP) is 2.56. The van der Waals surface area contributed by atoms with Gasteiger partial charge in [0.1, 0.15) is 11.6 Å². The van der Waals surface area contributed by atoms with Gasteiger partial charge in [0, 0.05) is 17.9 Å². The van der Waals surface area contributed by atoms with Crippen molar-refractivity contribution in [1.29, 1.82) is 5.26 Å². The lowest BCUT2D eigenvalue weighted by Crippen LogP contribution is -2.33. The Morgan fingerprint density at radius 3 is 2.58 bits per heavy atom. The zero-order chi connectivity index (χ0) is 13.5. The summed E-state index contributed by atoms with van der Waals surface area (Å²) in [6.07, 6.45) is 5.78. The molecule has 1 aromatic carbocycles. The molecule has 0 unspecified atom stereocenters. The maximum Gasteiger partial charge on any atom is 0.263 e. The third kappa shape index (κ3) is 3.85. The van der Waals surface area contributed by atoms with Gasteiger partial charge in [0.05, 0.1) is 0 Å². The van der Waals surface area contributed by atoms with E-state index in [1.54, 1.807) is 0 Å². The van der Waals surface area contributed by atoms with E-state index in [4.69, 9.17) is 5.26 Å². The summed E-state index contributed by atoms with van der Waals surface area (Å²) in [4.78, 5) is 11.9. The molecule has 1 aliphatic rings. The summed E-state index contributed by atoms with van der Waals surface area (Å²) < 4.78 is 0. The topological polar surface area (TPSA) is 64.9 Å². The molecule has 1 fully saturated rings. The van der Waals surface area contributed by atoms with Gasteiger partial charge >= 0.3 is 0 Å². The molecule has 2 rings (SSSR count). The van der Waals surface area contributed by atoms with E-state index in [1.165, 1.54) is 6.20 Å². The van der Waals surface area contributed by atoms with Crippen LogP contribution in [0.4, 0.5) is 5.69 Å². The first-order chi connectivity index (χ1) is 9.29. The van der Waals surface area contributed by atoms with E-state index in [2.05, 4.69) is 10.6 Å². The van der Waals surface area contributed by atoms with Gasteiger partial charge in [0.25, 0.3) is 5.91 Å². The van der Waals surface area contributed by atoms with Crippen LogP contribution in [-0.2, 0) is 4.79 Å². The molecular formula is C15H17N3O. The predicted molar refractivity (Wildman–Crippen MR) is 74.2 cm³/mol. The first kappa shape index (κ1) is 13.2. The Balaban J connectivity index is 1.95. The Hall–Kier alpha value is -2.28. The van der Waals surface area contributed by atoms with Crippen LogP contribution in [0.3, 0.4) is 0 Å². The van der Waals surface area contributed by atoms with Gasteiger partial charge < -0.3 is 10.6 Å². The van der Waals surface area contributed by atoms with Crippen LogP contribution in [0.2, 0.25) is 0 Å². The molecule has 0 saturated heterocycles. The Kier molecular flexibility index (Phi) is 4.57. The third-order valence-corrected chi connectivity index (χ3v) is 3.21. The Morgan fingerprint density at radius 2 is 1.95 bits per heavy atom. The van der Waals surface area contributed by atoms with Crippen LogP contribution < -0.4 is 10.6 Å². The van der Waals surface area contributed by atoms with E-state index in [0.29, 0.717) is 0 Å². The Labute approximate surface area is 113 Å². The third-order valence-electron chi connectivity index (χ3n) is 3.21. The van der Waals surface area contributed by atoms with E-state index in [1.807, 2.05) is 36.4 Å². The number of nitriles is 1. The second kappa shape index (κ2) is 6.60. The van der Waals surface area contributed by atoms with Crippen LogP contribution in [0.25, 0.3) is 0 Å². The number of hydrogen-bond acceptors (Lipinski definition) is 3. The number of hydrogen-bond donors (Lipinski definition) is 2. The summed E-state index contributed by atoms with van der Waals surface area (Å²) in [5, 5.41) is 14.9. The summed E-state index contributed by atoms with van der Waals surface area (Å²) in [5.74, 6) is -0.294. The number of rotatable bonds is 4. The van der Waals surface area contributed by atoms with Crippen molar-refractivity contribution < 1.29 is 4.79 Å². The van der Waals surface area contributed by atoms with Gasteiger partial charge in [-0.05, 0) is 25.0 Å². The molecule has 4 nitrogen and oxygen atoms in total. The highest BCUT2D eigenvalue weighted by Gasteiger charge is 2.19. The van der Waals surface area contributed by atoms with Gasteiger partial charge in [-0.1, -0.05) is 31.0 Å². The van der Waals surface area contributed by atoms with Gasteiger partial charge in [-0.15, -0.1) is 0 Å². The van der Waals surface area contributed by atoms with Crippen LogP contribution in [0.15, 0.2) is 42.1 Å². The molecule has 1 aromatic rings. The van der Waals surface area contributed by atoms with Crippen LogP contribution in [0.5, 0.6) is 0 Å². The van der Waals surface area contributed by atoms with Crippen molar-refractivity contribution in [3.63, 3.8) is 0 Å². The second-order valence-corrected chi connectivity index (χ2v) is 4.64. The summed E-state index contributed by atoms with van der Waals surface area (Å²) in [6.45, 7) is 0. The fourth-order valence-electron chi connectivity index (χ4n) is 2.17. The minimum absolute atomic E-state index is 0.107. The molecule has 2 N–H and O–H groups in total. The number of para-hydroxylation sites is 1. The zero-order valence-corrected chi connectivity index (χ0v) is 10.7. The van der Waals surface area contributed by atoms with Crippen LogP contribution >= 0.6 is 0 Å². The quantitative estimate of drug-likeness (QED) is 0.642. The SMILES string of the molecule is N#C/C(=C/Nc1ccccc1)C(=O)NC1CCCC1. The first-order valence-electron chi connectivity index (χ1n) is 6.52. The number of carbonyl (C=O) groups is 1. The summed E-state index contributed by atoms with van der Waals surface area (Å²) >= 11 is 0. The molecule has 1 amide bonds. The van der Waals surface area contributed by atoms with E-state index in [9.17, 15) is 4.79 Å². The molecule has 0 aliphatic heterocycles. The smallest absolute Gasteiger partial charge is 0.263 e. The molecular weight excluding hydrogens is 238 g/mol. The molecule has 0 aromatic heterocycles. The van der Waals surface area contributed by atoms with Crippen molar-refractivity contribution in [2.45, 2.75) is 31.7 Å². The molecule has 4 heteroatoms. The van der Waals surface area contributed by atoms with E-state index >= 15 is 0 Å². The maximum atomic E-state index is 11.9. The minimum atomic E-state index is -0.294. The first-order valence-corrected chi connectivity index (χ1v) is 6.52. The van der Waals surface area contributed by atoms with Gasteiger partial charge in [0.2, 0.25) is 0 Å². The molecule has 0 radical (unpaired) electrons. The standard InChI is InChI=1S/C15H17N3O/c16-10-12(11-17-13-6-2-1-3-7-13)15(19)18-14-8-4-5-9-14/h1-3,6-7,11,14,17H,4-5,8-9H2,(H,18,19)/b12-11-. The van der Waals surface area contributed by atoms with Crippen molar-refractivity contribution in [1.82, 2.24) is 5.32 Å². The zero-order valence-electron chi connectivity index (χ0n) is 10.7. The Bertz CT molecular complexity index is 496. The minimum Gasteiger partial charge on any atom is -0.360 e. The average molecular weight is 255 g/mol. The fourth-order valence-corrected chi connectivity index (χ4v) is 2.17. The van der Waals surface area contributed by atoms with Crippen molar-refractivity contribution in [2.75, 3.05) is 5.32 Å². The molecule has 1 saturated carbocycles. The van der Waals surface area contributed by atoms with Crippen molar-refractivity contribution in [3.05, 3.63) is 42.1 Å². The number of carbonyl (C=O) groups excluding carboxylic acids is 1.